The molecule has 3 nitrogen and oxygen atoms in total. The fourth-order valence-corrected chi connectivity index (χ4v) is 1.15. The molecule has 0 bridgehead atoms. The van der Waals surface area contributed by atoms with Gasteiger partial charge in [0, 0.05) is 6.54 Å². The number of hydrogen-bond acceptors (Lipinski definition) is 3. The van der Waals surface area contributed by atoms with Crippen molar-refractivity contribution in [1.29, 1.82) is 0 Å². The summed E-state index contributed by atoms with van der Waals surface area (Å²) < 4.78 is 5.48. The molecule has 2 N–H and O–H groups in total. The maximum Gasteiger partial charge on any atom is 0.119 e. The third-order valence-corrected chi connectivity index (χ3v) is 1.88. The van der Waals surface area contributed by atoms with Crippen molar-refractivity contribution in [1.82, 2.24) is 5.32 Å². The maximum absolute atomic E-state index is 8.90. The Balaban J connectivity index is 2.34. The summed E-state index contributed by atoms with van der Waals surface area (Å²) in [7, 11) is 0. The molecule has 0 aliphatic rings. The van der Waals surface area contributed by atoms with Gasteiger partial charge in [-0.1, -0.05) is 19.1 Å². The predicted molar refractivity (Wildman–Crippen MR) is 56.4 cm³/mol. The summed E-state index contributed by atoms with van der Waals surface area (Å²) in [5.41, 5.74) is 0.881. The summed E-state index contributed by atoms with van der Waals surface area (Å²) in [6.45, 7) is 4.58. The van der Waals surface area contributed by atoms with Crippen molar-refractivity contribution in [2.24, 2.45) is 0 Å². The molecule has 0 amide bonds. The Bertz CT molecular complexity index is 263. The fraction of sp³-hybridized carbons (Fsp3) is 0.455. The molecule has 1 aromatic carbocycles. The summed E-state index contributed by atoms with van der Waals surface area (Å²) in [6, 6.07) is 7.50. The van der Waals surface area contributed by atoms with Gasteiger partial charge in [0.15, 0.2) is 0 Å². The van der Waals surface area contributed by atoms with Crippen LogP contribution < -0.4 is 10.1 Å². The van der Waals surface area contributed by atoms with E-state index in [2.05, 4.69) is 12.2 Å². The second-order valence-electron chi connectivity index (χ2n) is 3.01. The Labute approximate surface area is 84.7 Å². The number of nitrogens with one attached hydrogen (secondary N) is 1. The first-order valence-electron chi connectivity index (χ1n) is 4.90. The molecule has 0 saturated carbocycles. The summed E-state index contributed by atoms with van der Waals surface area (Å²) in [5.74, 6) is 0.814. The Morgan fingerprint density at radius 1 is 1.43 bits per heavy atom. The van der Waals surface area contributed by atoms with Gasteiger partial charge in [0.1, 0.15) is 12.4 Å². The molecule has 0 atom stereocenters. The van der Waals surface area contributed by atoms with E-state index in [9.17, 15) is 0 Å². The highest BCUT2D eigenvalue weighted by Gasteiger charge is 1.94. The van der Waals surface area contributed by atoms with Crippen LogP contribution >= 0.6 is 0 Å². The number of benzene rings is 1. The maximum atomic E-state index is 8.90. The van der Waals surface area contributed by atoms with Crippen LogP contribution in [0.1, 0.15) is 12.5 Å². The molecule has 0 radical (unpaired) electrons. The predicted octanol–water partition coefficient (Wildman–Crippen LogP) is 1.17. The van der Waals surface area contributed by atoms with Crippen LogP contribution in [0.2, 0.25) is 0 Å². The average molecular weight is 195 g/mol. The summed E-state index contributed by atoms with van der Waals surface area (Å²) in [5, 5.41) is 12.1. The van der Waals surface area contributed by atoms with Crippen LogP contribution in [-0.4, -0.2) is 24.8 Å². The van der Waals surface area contributed by atoms with E-state index in [1.165, 1.54) is 0 Å². The molecule has 3 heteroatoms. The lowest BCUT2D eigenvalue weighted by Gasteiger charge is -2.07. The van der Waals surface area contributed by atoms with Crippen molar-refractivity contribution in [3.05, 3.63) is 29.8 Å². The van der Waals surface area contributed by atoms with Crippen LogP contribution in [0.25, 0.3) is 0 Å². The molecular formula is C11H17NO2. The molecule has 0 aliphatic carbocycles. The first-order valence-corrected chi connectivity index (χ1v) is 4.90. The number of hydrogen-bond donors (Lipinski definition) is 2. The van der Waals surface area contributed by atoms with Gasteiger partial charge in [-0.25, -0.2) is 0 Å². The largest absolute Gasteiger partial charge is 0.492 e. The van der Waals surface area contributed by atoms with E-state index in [1.807, 2.05) is 24.3 Å². The van der Waals surface area contributed by atoms with E-state index in [-0.39, 0.29) is 6.61 Å². The summed E-state index contributed by atoms with van der Waals surface area (Å²) in [6.07, 6.45) is 0. The third kappa shape index (κ3) is 3.77. The monoisotopic (exact) mass is 195 g/mol. The first kappa shape index (κ1) is 11.0. The van der Waals surface area contributed by atoms with E-state index in [4.69, 9.17) is 9.84 Å². The van der Waals surface area contributed by atoms with Crippen molar-refractivity contribution in [2.75, 3.05) is 19.7 Å². The van der Waals surface area contributed by atoms with Gasteiger partial charge >= 0.3 is 0 Å². The lowest BCUT2D eigenvalue weighted by Crippen LogP contribution is -2.20. The van der Waals surface area contributed by atoms with Crippen LogP contribution in [0, 0.1) is 0 Å². The van der Waals surface area contributed by atoms with Gasteiger partial charge in [-0.15, -0.1) is 0 Å². The van der Waals surface area contributed by atoms with Gasteiger partial charge in [0.2, 0.25) is 0 Å². The van der Waals surface area contributed by atoms with Gasteiger partial charge in [0.05, 0.1) is 6.61 Å². The smallest absolute Gasteiger partial charge is 0.119 e. The molecule has 1 rings (SSSR count). The van der Waals surface area contributed by atoms with Crippen molar-refractivity contribution >= 4 is 0 Å². The lowest BCUT2D eigenvalue weighted by atomic mass is 10.2. The highest BCUT2D eigenvalue weighted by Crippen LogP contribution is 2.12. The lowest BCUT2D eigenvalue weighted by molar-refractivity contribution is 0.279. The SMILES string of the molecule is CCNCCOc1cccc(CO)c1. The molecule has 0 fully saturated rings. The molecule has 0 unspecified atom stereocenters. The zero-order valence-corrected chi connectivity index (χ0v) is 8.49. The van der Waals surface area contributed by atoms with E-state index >= 15 is 0 Å². The van der Waals surface area contributed by atoms with Crippen LogP contribution in [0.3, 0.4) is 0 Å². The fourth-order valence-electron chi connectivity index (χ4n) is 1.15. The number of aliphatic hydroxyl groups excluding tert-OH is 1. The Kier molecular flexibility index (Phi) is 5.04. The van der Waals surface area contributed by atoms with E-state index < -0.39 is 0 Å². The van der Waals surface area contributed by atoms with E-state index in [1.54, 1.807) is 0 Å². The molecule has 78 valence electrons. The van der Waals surface area contributed by atoms with Gasteiger partial charge in [-0.2, -0.15) is 0 Å². The number of ether oxygens (including phenoxy) is 1. The van der Waals surface area contributed by atoms with Crippen molar-refractivity contribution in [3.8, 4) is 5.75 Å². The summed E-state index contributed by atoms with van der Waals surface area (Å²) in [4.78, 5) is 0. The van der Waals surface area contributed by atoms with Crippen LogP contribution in [0.15, 0.2) is 24.3 Å². The van der Waals surface area contributed by atoms with Gasteiger partial charge in [0.25, 0.3) is 0 Å². The van der Waals surface area contributed by atoms with Gasteiger partial charge in [-0.3, -0.25) is 0 Å². The zero-order valence-electron chi connectivity index (χ0n) is 8.49. The number of rotatable bonds is 6. The summed E-state index contributed by atoms with van der Waals surface area (Å²) >= 11 is 0. The quantitative estimate of drug-likeness (QED) is 0.669. The second-order valence-corrected chi connectivity index (χ2v) is 3.01. The second kappa shape index (κ2) is 6.40. The van der Waals surface area contributed by atoms with Gasteiger partial charge in [-0.05, 0) is 24.2 Å². The molecule has 0 aliphatic heterocycles. The normalized spacial score (nSPS) is 10.1. The van der Waals surface area contributed by atoms with Crippen molar-refractivity contribution in [3.63, 3.8) is 0 Å². The average Bonchev–Trinajstić information content (AvgIpc) is 2.25. The topological polar surface area (TPSA) is 41.5 Å². The Morgan fingerprint density at radius 2 is 2.29 bits per heavy atom. The Hall–Kier alpha value is -1.06. The van der Waals surface area contributed by atoms with Crippen LogP contribution in [-0.2, 0) is 6.61 Å². The van der Waals surface area contributed by atoms with E-state index in [0.717, 1.165) is 24.4 Å². The Morgan fingerprint density at radius 3 is 3.00 bits per heavy atom. The minimum Gasteiger partial charge on any atom is -0.492 e. The highest BCUT2D eigenvalue weighted by atomic mass is 16.5. The molecule has 1 aromatic rings. The van der Waals surface area contributed by atoms with Crippen LogP contribution in [0.5, 0.6) is 5.75 Å². The van der Waals surface area contributed by atoms with Gasteiger partial charge < -0.3 is 15.2 Å². The third-order valence-electron chi connectivity index (χ3n) is 1.88. The first-order chi connectivity index (χ1) is 6.86. The minimum absolute atomic E-state index is 0.0599. The highest BCUT2D eigenvalue weighted by molar-refractivity contribution is 5.27. The van der Waals surface area contributed by atoms with E-state index in [0.29, 0.717) is 6.61 Å². The van der Waals surface area contributed by atoms with Crippen molar-refractivity contribution in [2.45, 2.75) is 13.5 Å². The molecule has 0 spiro atoms. The number of likely N-dealkylation sites (N-methyl/N-ethyl adjacent to an activating group) is 1. The van der Waals surface area contributed by atoms with Crippen molar-refractivity contribution < 1.29 is 9.84 Å². The van der Waals surface area contributed by atoms with Crippen LogP contribution in [0.4, 0.5) is 0 Å². The zero-order chi connectivity index (χ0) is 10.2. The molecule has 0 saturated heterocycles. The molecule has 0 heterocycles. The molecule has 14 heavy (non-hydrogen) atoms. The number of aliphatic hydroxyl groups is 1. The minimum atomic E-state index is 0.0599. The molecule has 0 aromatic heterocycles. The molecular weight excluding hydrogens is 178 g/mol. The standard InChI is InChI=1S/C11H17NO2/c1-2-12-6-7-14-11-5-3-4-10(8-11)9-13/h3-5,8,12-13H,2,6-7,9H2,1H3.